The molecule has 0 aliphatic rings. The van der Waals surface area contributed by atoms with E-state index in [1.807, 2.05) is 34.6 Å². The topological polar surface area (TPSA) is 55.8 Å². The maximum absolute atomic E-state index is 11.9. The van der Waals surface area contributed by atoms with Crippen LogP contribution < -0.4 is 0 Å². The molecule has 0 rings (SSSR count). The van der Waals surface area contributed by atoms with Gasteiger partial charge in [0, 0.05) is 12.6 Å². The second kappa shape index (κ2) is 6.84. The second-order valence-electron chi connectivity index (χ2n) is 5.31. The minimum atomic E-state index is -3.30. The Morgan fingerprint density at radius 2 is 1.78 bits per heavy atom. The first-order valence-corrected chi connectivity index (χ1v) is 8.05. The maximum atomic E-state index is 11.9. The molecule has 1 unspecified atom stereocenters. The molecular formula is C12H27NO4S. The van der Waals surface area contributed by atoms with Crippen LogP contribution in [0.5, 0.6) is 0 Å². The van der Waals surface area contributed by atoms with Crippen LogP contribution in [0.15, 0.2) is 0 Å². The highest BCUT2D eigenvalue weighted by atomic mass is 32.2. The molecule has 0 aromatic heterocycles. The summed E-state index contributed by atoms with van der Waals surface area (Å²) in [6.07, 6.45) is 1.37. The molecule has 0 amide bonds. The van der Waals surface area contributed by atoms with Gasteiger partial charge in [-0.2, -0.15) is 4.31 Å². The second-order valence-corrected chi connectivity index (χ2v) is 7.22. The van der Waals surface area contributed by atoms with Gasteiger partial charge in [-0.25, -0.2) is 8.42 Å². The molecule has 6 heteroatoms. The van der Waals surface area contributed by atoms with Crippen molar-refractivity contribution < 1.29 is 17.9 Å². The van der Waals surface area contributed by atoms with Gasteiger partial charge in [0.25, 0.3) is 0 Å². The molecule has 0 aliphatic heterocycles. The van der Waals surface area contributed by atoms with Crippen LogP contribution in [0.3, 0.4) is 0 Å². The molecule has 0 saturated carbocycles. The largest absolute Gasteiger partial charge is 0.354 e. The standard InChI is InChI=1S/C12H27NO4S/c1-8-12(4,5)13(18(7,14)15)9-11(16-6)17-10(2)3/h10-11H,8-9H2,1-7H3. The fourth-order valence-electron chi connectivity index (χ4n) is 1.62. The van der Waals surface area contributed by atoms with Gasteiger partial charge in [0.2, 0.25) is 10.0 Å². The van der Waals surface area contributed by atoms with Crippen molar-refractivity contribution in [1.82, 2.24) is 4.31 Å². The van der Waals surface area contributed by atoms with Gasteiger partial charge in [0.1, 0.15) is 0 Å². The Morgan fingerprint density at radius 3 is 2.06 bits per heavy atom. The molecule has 1 atom stereocenters. The summed E-state index contributed by atoms with van der Waals surface area (Å²) in [6.45, 7) is 9.74. The monoisotopic (exact) mass is 281 g/mol. The molecule has 18 heavy (non-hydrogen) atoms. The Labute approximate surface area is 112 Å². The van der Waals surface area contributed by atoms with Gasteiger partial charge in [-0.15, -0.1) is 0 Å². The number of methoxy groups -OCH3 is 1. The number of nitrogens with zero attached hydrogens (tertiary/aromatic N) is 1. The van der Waals surface area contributed by atoms with E-state index in [0.717, 1.165) is 6.42 Å². The summed E-state index contributed by atoms with van der Waals surface area (Å²) in [5.41, 5.74) is -0.454. The van der Waals surface area contributed by atoms with E-state index in [4.69, 9.17) is 9.47 Å². The van der Waals surface area contributed by atoms with Crippen molar-refractivity contribution in [2.24, 2.45) is 0 Å². The van der Waals surface area contributed by atoms with Gasteiger partial charge in [-0.05, 0) is 34.1 Å². The first-order valence-electron chi connectivity index (χ1n) is 6.20. The molecule has 0 heterocycles. The fourth-order valence-corrected chi connectivity index (χ4v) is 3.04. The predicted molar refractivity (Wildman–Crippen MR) is 72.9 cm³/mol. The van der Waals surface area contributed by atoms with Crippen LogP contribution in [0.25, 0.3) is 0 Å². The average molecular weight is 281 g/mol. The van der Waals surface area contributed by atoms with Crippen LogP contribution >= 0.6 is 0 Å². The Bertz CT molecular complexity index is 338. The van der Waals surface area contributed by atoms with Crippen molar-refractivity contribution in [3.05, 3.63) is 0 Å². The predicted octanol–water partition coefficient (Wildman–Crippen LogP) is 1.83. The zero-order chi connectivity index (χ0) is 14.6. The van der Waals surface area contributed by atoms with Crippen molar-refractivity contribution >= 4 is 10.0 Å². The van der Waals surface area contributed by atoms with Crippen molar-refractivity contribution in [1.29, 1.82) is 0 Å². The number of rotatable bonds is 8. The molecule has 0 spiro atoms. The molecule has 0 N–H and O–H groups in total. The van der Waals surface area contributed by atoms with E-state index in [0.29, 0.717) is 0 Å². The zero-order valence-corrected chi connectivity index (χ0v) is 13.4. The lowest BCUT2D eigenvalue weighted by molar-refractivity contribution is -0.154. The van der Waals surface area contributed by atoms with E-state index in [9.17, 15) is 8.42 Å². The Balaban J connectivity index is 5.02. The molecule has 0 fully saturated rings. The number of hydrogen-bond donors (Lipinski definition) is 0. The third kappa shape index (κ3) is 5.65. The Morgan fingerprint density at radius 1 is 1.28 bits per heavy atom. The summed E-state index contributed by atoms with van der Waals surface area (Å²) in [5, 5.41) is 0. The summed E-state index contributed by atoms with van der Waals surface area (Å²) >= 11 is 0. The summed E-state index contributed by atoms with van der Waals surface area (Å²) in [4.78, 5) is 0. The van der Waals surface area contributed by atoms with Gasteiger partial charge in [0.15, 0.2) is 6.29 Å². The van der Waals surface area contributed by atoms with Crippen molar-refractivity contribution in [2.75, 3.05) is 19.9 Å². The summed E-state index contributed by atoms with van der Waals surface area (Å²) in [6, 6.07) is 0. The first-order chi connectivity index (χ1) is 8.04. The van der Waals surface area contributed by atoms with Gasteiger partial charge < -0.3 is 9.47 Å². The van der Waals surface area contributed by atoms with E-state index in [-0.39, 0.29) is 12.6 Å². The third-order valence-corrected chi connectivity index (χ3v) is 4.39. The SMILES string of the molecule is CCC(C)(C)N(CC(OC)OC(C)C)S(C)(=O)=O. The van der Waals surface area contributed by atoms with Crippen LogP contribution in [0, 0.1) is 0 Å². The Hall–Kier alpha value is -0.170. The summed E-state index contributed by atoms with van der Waals surface area (Å²) in [5.74, 6) is 0. The normalized spacial score (nSPS) is 15.4. The molecule has 0 radical (unpaired) electrons. The molecular weight excluding hydrogens is 254 g/mol. The smallest absolute Gasteiger partial charge is 0.211 e. The number of hydrogen-bond acceptors (Lipinski definition) is 4. The molecule has 0 saturated heterocycles. The molecule has 0 aromatic carbocycles. The van der Waals surface area contributed by atoms with E-state index in [1.54, 1.807) is 0 Å². The molecule has 110 valence electrons. The minimum absolute atomic E-state index is 0.0129. The quantitative estimate of drug-likeness (QED) is 0.637. The maximum Gasteiger partial charge on any atom is 0.211 e. The highest BCUT2D eigenvalue weighted by molar-refractivity contribution is 7.88. The zero-order valence-electron chi connectivity index (χ0n) is 12.6. The summed E-state index contributed by atoms with van der Waals surface area (Å²) < 4.78 is 36.0. The fraction of sp³-hybridized carbons (Fsp3) is 1.00. The average Bonchev–Trinajstić information content (AvgIpc) is 2.21. The molecule has 0 aliphatic carbocycles. The minimum Gasteiger partial charge on any atom is -0.354 e. The Kier molecular flexibility index (Phi) is 6.78. The summed E-state index contributed by atoms with van der Waals surface area (Å²) in [7, 11) is -1.78. The van der Waals surface area contributed by atoms with Gasteiger partial charge in [-0.1, -0.05) is 6.92 Å². The molecule has 0 bridgehead atoms. The number of ether oxygens (including phenoxy) is 2. The first kappa shape index (κ1) is 17.8. The lowest BCUT2D eigenvalue weighted by atomic mass is 10.0. The highest BCUT2D eigenvalue weighted by Crippen LogP contribution is 2.22. The molecule has 0 aromatic rings. The van der Waals surface area contributed by atoms with Gasteiger partial charge >= 0.3 is 0 Å². The van der Waals surface area contributed by atoms with Crippen LogP contribution in [0.2, 0.25) is 0 Å². The van der Waals surface area contributed by atoms with Crippen LogP contribution in [-0.2, 0) is 19.5 Å². The van der Waals surface area contributed by atoms with Gasteiger partial charge in [0.05, 0.1) is 18.9 Å². The van der Waals surface area contributed by atoms with Crippen molar-refractivity contribution in [2.45, 2.75) is 59.0 Å². The van der Waals surface area contributed by atoms with Crippen LogP contribution in [-0.4, -0.2) is 50.6 Å². The molecule has 5 nitrogen and oxygen atoms in total. The van der Waals surface area contributed by atoms with Crippen LogP contribution in [0.4, 0.5) is 0 Å². The van der Waals surface area contributed by atoms with E-state index in [1.165, 1.54) is 17.7 Å². The van der Waals surface area contributed by atoms with Crippen molar-refractivity contribution in [3.8, 4) is 0 Å². The van der Waals surface area contributed by atoms with E-state index in [2.05, 4.69) is 0 Å². The van der Waals surface area contributed by atoms with E-state index < -0.39 is 21.9 Å². The van der Waals surface area contributed by atoms with Gasteiger partial charge in [-0.3, -0.25) is 0 Å². The lowest BCUT2D eigenvalue weighted by Crippen LogP contribution is -2.51. The van der Waals surface area contributed by atoms with Crippen LogP contribution in [0.1, 0.15) is 41.0 Å². The lowest BCUT2D eigenvalue weighted by Gasteiger charge is -2.37. The highest BCUT2D eigenvalue weighted by Gasteiger charge is 2.34. The number of sulfonamides is 1. The third-order valence-electron chi connectivity index (χ3n) is 2.94. The van der Waals surface area contributed by atoms with E-state index >= 15 is 0 Å². The van der Waals surface area contributed by atoms with Crippen molar-refractivity contribution in [3.63, 3.8) is 0 Å².